The lowest BCUT2D eigenvalue weighted by Crippen LogP contribution is -2.06. The quantitative estimate of drug-likeness (QED) is 0.541. The molecule has 0 spiro atoms. The number of nitrogens with zero attached hydrogens (tertiary/aromatic N) is 1. The van der Waals surface area contributed by atoms with Crippen molar-refractivity contribution >= 4 is 17.6 Å². The van der Waals surface area contributed by atoms with Gasteiger partial charge in [0.1, 0.15) is 11.0 Å². The van der Waals surface area contributed by atoms with E-state index in [0.29, 0.717) is 0 Å². The Morgan fingerprint density at radius 3 is 3.00 bits per heavy atom. The van der Waals surface area contributed by atoms with Gasteiger partial charge in [0.2, 0.25) is 0 Å². The fourth-order valence-electron chi connectivity index (χ4n) is 0.794. The van der Waals surface area contributed by atoms with Crippen LogP contribution in [0.15, 0.2) is 12.3 Å². The van der Waals surface area contributed by atoms with E-state index in [2.05, 4.69) is 9.72 Å². The molecule has 5 heteroatoms. The summed E-state index contributed by atoms with van der Waals surface area (Å²) in [6.45, 7) is 0. The third-order valence-corrected chi connectivity index (χ3v) is 1.67. The minimum Gasteiger partial charge on any atom is -0.469 e. The minimum absolute atomic E-state index is 0.0612. The van der Waals surface area contributed by atoms with Crippen LogP contribution in [-0.2, 0) is 16.0 Å². The van der Waals surface area contributed by atoms with Crippen LogP contribution in [0.1, 0.15) is 5.56 Å². The Hall–Kier alpha value is -1.16. The lowest BCUT2D eigenvalue weighted by Gasteiger charge is -2.00. The number of aromatic nitrogens is 1. The minimum atomic E-state index is -0.551. The second-order valence-corrected chi connectivity index (χ2v) is 2.74. The summed E-state index contributed by atoms with van der Waals surface area (Å²) in [5.41, 5.74) is 0.177. The molecule has 0 amide bonds. The first-order valence-corrected chi connectivity index (χ1v) is 3.88. The smallest absolute Gasteiger partial charge is 0.310 e. The van der Waals surface area contributed by atoms with Crippen molar-refractivity contribution in [1.29, 1.82) is 0 Å². The molecule has 0 aliphatic rings. The van der Waals surface area contributed by atoms with Crippen LogP contribution in [0.25, 0.3) is 0 Å². The molecule has 1 rings (SSSR count). The van der Waals surface area contributed by atoms with Gasteiger partial charge in [0.25, 0.3) is 0 Å². The van der Waals surface area contributed by atoms with Gasteiger partial charge in [0, 0.05) is 17.8 Å². The number of rotatable bonds is 2. The Balaban J connectivity index is 2.83. The van der Waals surface area contributed by atoms with Crippen LogP contribution in [-0.4, -0.2) is 18.1 Å². The number of hydrogen-bond donors (Lipinski definition) is 0. The number of carbonyl (C=O) groups excluding carboxylic acids is 1. The summed E-state index contributed by atoms with van der Waals surface area (Å²) < 4.78 is 17.4. The van der Waals surface area contributed by atoms with Gasteiger partial charge in [-0.15, -0.1) is 0 Å². The van der Waals surface area contributed by atoms with Gasteiger partial charge >= 0.3 is 5.97 Å². The second kappa shape index (κ2) is 4.18. The molecule has 0 radical (unpaired) electrons. The Morgan fingerprint density at radius 2 is 2.46 bits per heavy atom. The van der Waals surface area contributed by atoms with Crippen molar-refractivity contribution in [1.82, 2.24) is 4.98 Å². The maximum Gasteiger partial charge on any atom is 0.310 e. The summed E-state index contributed by atoms with van der Waals surface area (Å²) in [5, 5.41) is 0.0612. The average Bonchev–Trinajstić information content (AvgIpc) is 2.09. The van der Waals surface area contributed by atoms with E-state index >= 15 is 0 Å². The zero-order valence-electron chi connectivity index (χ0n) is 6.88. The number of halogens is 2. The van der Waals surface area contributed by atoms with E-state index in [1.807, 2.05) is 0 Å². The van der Waals surface area contributed by atoms with Crippen molar-refractivity contribution in [2.75, 3.05) is 7.11 Å². The van der Waals surface area contributed by atoms with Gasteiger partial charge in [-0.2, -0.15) is 0 Å². The Morgan fingerprint density at radius 1 is 1.77 bits per heavy atom. The highest BCUT2D eigenvalue weighted by Gasteiger charge is 2.08. The first-order chi connectivity index (χ1) is 6.13. The standard InChI is InChI=1S/C8H7ClFNO2/c1-13-8(12)2-5-4-11-7(9)3-6(5)10/h3-4H,2H2,1H3. The average molecular weight is 204 g/mol. The predicted octanol–water partition coefficient (Wildman–Crippen LogP) is 1.59. The third kappa shape index (κ3) is 2.66. The normalized spacial score (nSPS) is 9.77. The van der Waals surface area contributed by atoms with Crippen molar-refractivity contribution in [2.24, 2.45) is 0 Å². The SMILES string of the molecule is COC(=O)Cc1cnc(Cl)cc1F. The van der Waals surface area contributed by atoms with Crippen LogP contribution in [0.2, 0.25) is 5.15 Å². The highest BCUT2D eigenvalue weighted by atomic mass is 35.5. The summed E-state index contributed by atoms with van der Waals surface area (Å²) in [4.78, 5) is 14.4. The van der Waals surface area contributed by atoms with E-state index in [4.69, 9.17) is 11.6 Å². The number of carbonyl (C=O) groups is 1. The molecule has 1 heterocycles. The fraction of sp³-hybridized carbons (Fsp3) is 0.250. The van der Waals surface area contributed by atoms with E-state index < -0.39 is 11.8 Å². The third-order valence-electron chi connectivity index (χ3n) is 1.46. The van der Waals surface area contributed by atoms with Gasteiger partial charge < -0.3 is 4.74 Å². The molecule has 0 aliphatic heterocycles. The summed E-state index contributed by atoms with van der Waals surface area (Å²) in [6, 6.07) is 1.06. The lowest BCUT2D eigenvalue weighted by atomic mass is 10.2. The van der Waals surface area contributed by atoms with E-state index in [1.165, 1.54) is 13.3 Å². The van der Waals surface area contributed by atoms with E-state index in [9.17, 15) is 9.18 Å². The molecule has 1 aromatic rings. The van der Waals surface area contributed by atoms with Crippen LogP contribution in [0.3, 0.4) is 0 Å². The van der Waals surface area contributed by atoms with Crippen LogP contribution in [0, 0.1) is 5.82 Å². The molecule has 0 atom stereocenters. The molecule has 1 aromatic heterocycles. The molecular weight excluding hydrogens is 197 g/mol. The Labute approximate surface area is 79.5 Å². The lowest BCUT2D eigenvalue weighted by molar-refractivity contribution is -0.139. The molecule has 0 N–H and O–H groups in total. The highest BCUT2D eigenvalue weighted by Crippen LogP contribution is 2.11. The number of pyridine rings is 1. The Bertz CT molecular complexity index is 330. The maximum atomic E-state index is 13.0. The first kappa shape index (κ1) is 9.92. The van der Waals surface area contributed by atoms with Crippen molar-refractivity contribution in [3.8, 4) is 0 Å². The number of ether oxygens (including phenoxy) is 1. The van der Waals surface area contributed by atoms with Crippen LogP contribution >= 0.6 is 11.6 Å². The second-order valence-electron chi connectivity index (χ2n) is 2.35. The van der Waals surface area contributed by atoms with Gasteiger partial charge in [-0.25, -0.2) is 9.37 Å². The van der Waals surface area contributed by atoms with Gasteiger partial charge in [-0.05, 0) is 0 Å². The van der Waals surface area contributed by atoms with E-state index in [0.717, 1.165) is 6.07 Å². The van der Waals surface area contributed by atoms with E-state index in [-0.39, 0.29) is 17.1 Å². The fourth-order valence-corrected chi connectivity index (χ4v) is 0.938. The number of esters is 1. The molecule has 0 unspecified atom stereocenters. The molecule has 0 saturated carbocycles. The molecule has 0 fully saturated rings. The summed E-state index contributed by atoms with van der Waals surface area (Å²) in [6.07, 6.45) is 1.08. The van der Waals surface area contributed by atoms with Crippen molar-refractivity contribution < 1.29 is 13.9 Å². The Kier molecular flexibility index (Phi) is 3.19. The zero-order chi connectivity index (χ0) is 9.84. The maximum absolute atomic E-state index is 13.0. The zero-order valence-corrected chi connectivity index (χ0v) is 7.64. The monoisotopic (exact) mass is 203 g/mol. The molecule has 0 saturated heterocycles. The highest BCUT2D eigenvalue weighted by molar-refractivity contribution is 6.29. The predicted molar refractivity (Wildman–Crippen MR) is 44.9 cm³/mol. The number of hydrogen-bond acceptors (Lipinski definition) is 3. The van der Waals surface area contributed by atoms with Crippen molar-refractivity contribution in [3.05, 3.63) is 28.8 Å². The van der Waals surface area contributed by atoms with Gasteiger partial charge in [-0.3, -0.25) is 4.79 Å². The summed E-state index contributed by atoms with van der Waals surface area (Å²) in [7, 11) is 1.24. The summed E-state index contributed by atoms with van der Waals surface area (Å²) in [5.74, 6) is -1.06. The van der Waals surface area contributed by atoms with Crippen LogP contribution < -0.4 is 0 Å². The largest absolute Gasteiger partial charge is 0.469 e. The molecule has 0 aromatic carbocycles. The van der Waals surface area contributed by atoms with Crippen LogP contribution in [0.5, 0.6) is 0 Å². The van der Waals surface area contributed by atoms with Crippen LogP contribution in [0.4, 0.5) is 4.39 Å². The molecule has 0 bridgehead atoms. The van der Waals surface area contributed by atoms with Gasteiger partial charge in [0.15, 0.2) is 0 Å². The van der Waals surface area contributed by atoms with Crippen molar-refractivity contribution in [3.63, 3.8) is 0 Å². The van der Waals surface area contributed by atoms with Gasteiger partial charge in [-0.1, -0.05) is 11.6 Å². The molecule has 70 valence electrons. The topological polar surface area (TPSA) is 39.2 Å². The number of methoxy groups -OCH3 is 1. The molecule has 0 aliphatic carbocycles. The first-order valence-electron chi connectivity index (χ1n) is 3.50. The summed E-state index contributed by atoms with van der Waals surface area (Å²) >= 11 is 5.42. The molecular formula is C8H7ClFNO2. The molecule has 13 heavy (non-hydrogen) atoms. The van der Waals surface area contributed by atoms with Gasteiger partial charge in [0.05, 0.1) is 13.5 Å². The molecule has 3 nitrogen and oxygen atoms in total. The van der Waals surface area contributed by atoms with E-state index in [1.54, 1.807) is 0 Å². The van der Waals surface area contributed by atoms with Crippen molar-refractivity contribution in [2.45, 2.75) is 6.42 Å².